The molecule has 2 aromatic carbocycles. The molecule has 1 aliphatic rings. The van der Waals surface area contributed by atoms with Crippen molar-refractivity contribution in [2.75, 3.05) is 17.3 Å². The zero-order valence-corrected chi connectivity index (χ0v) is 12.2. The van der Waals surface area contributed by atoms with Gasteiger partial charge in [-0.2, -0.15) is 0 Å². The summed E-state index contributed by atoms with van der Waals surface area (Å²) in [6.45, 7) is 2.06. The lowest BCUT2D eigenvalue weighted by Crippen LogP contribution is -2.39. The molecule has 0 spiro atoms. The number of methoxy groups -OCH3 is 1. The number of amides is 2. The van der Waals surface area contributed by atoms with Gasteiger partial charge in [-0.3, -0.25) is 4.90 Å². The molecule has 0 saturated carbocycles. The van der Waals surface area contributed by atoms with Crippen molar-refractivity contribution in [3.8, 4) is 5.75 Å². The number of carbonyl (C=O) groups excluding carboxylic acids is 1. The minimum absolute atomic E-state index is 0.0994. The number of rotatable bonds is 2. The molecule has 0 aliphatic carbocycles. The lowest BCUT2D eigenvalue weighted by Gasteiger charge is -2.23. The Morgan fingerprint density at radius 2 is 1.90 bits per heavy atom. The molecule has 0 radical (unpaired) electrons. The van der Waals surface area contributed by atoms with Crippen molar-refractivity contribution in [3.05, 3.63) is 54.1 Å². The van der Waals surface area contributed by atoms with Crippen LogP contribution < -0.4 is 15.0 Å². The fourth-order valence-corrected chi connectivity index (χ4v) is 2.73. The van der Waals surface area contributed by atoms with Gasteiger partial charge in [0.25, 0.3) is 0 Å². The normalized spacial score (nSPS) is 16.5. The summed E-state index contributed by atoms with van der Waals surface area (Å²) < 4.78 is 5.11. The number of anilines is 2. The van der Waals surface area contributed by atoms with Crippen LogP contribution in [0.1, 0.15) is 12.5 Å². The Labute approximate surface area is 124 Å². The lowest BCUT2D eigenvalue weighted by molar-refractivity contribution is 0.256. The number of ether oxygens (including phenoxy) is 1. The Bertz CT molecular complexity index is 652. The molecule has 4 nitrogen and oxygen atoms in total. The van der Waals surface area contributed by atoms with Crippen molar-refractivity contribution in [2.24, 2.45) is 0 Å². The van der Waals surface area contributed by atoms with E-state index in [1.165, 1.54) is 5.56 Å². The maximum absolute atomic E-state index is 12.5. The summed E-state index contributed by atoms with van der Waals surface area (Å²) in [7, 11) is 1.62. The molecule has 2 amide bonds. The zero-order valence-electron chi connectivity index (χ0n) is 12.2. The number of para-hydroxylation sites is 1. The first-order valence-electron chi connectivity index (χ1n) is 7.01. The molecule has 0 aromatic heterocycles. The van der Waals surface area contributed by atoms with Crippen molar-refractivity contribution in [1.82, 2.24) is 0 Å². The molecular formula is C17H18N2O2. The minimum atomic E-state index is -0.0994. The maximum Gasteiger partial charge on any atom is 0.326 e. The molecule has 21 heavy (non-hydrogen) atoms. The topological polar surface area (TPSA) is 41.6 Å². The van der Waals surface area contributed by atoms with E-state index < -0.39 is 0 Å². The van der Waals surface area contributed by atoms with Crippen molar-refractivity contribution in [2.45, 2.75) is 19.4 Å². The third-order valence-electron chi connectivity index (χ3n) is 3.77. The fraction of sp³-hybridized carbons (Fsp3) is 0.235. The van der Waals surface area contributed by atoms with Gasteiger partial charge in [-0.05, 0) is 49.2 Å². The van der Waals surface area contributed by atoms with Gasteiger partial charge in [-0.15, -0.1) is 0 Å². The molecule has 0 saturated heterocycles. The molecule has 108 valence electrons. The van der Waals surface area contributed by atoms with Crippen molar-refractivity contribution >= 4 is 17.4 Å². The largest absolute Gasteiger partial charge is 0.497 e. The van der Waals surface area contributed by atoms with Crippen LogP contribution in [0.25, 0.3) is 0 Å². The van der Waals surface area contributed by atoms with Gasteiger partial charge < -0.3 is 10.1 Å². The summed E-state index contributed by atoms with van der Waals surface area (Å²) in [5.41, 5.74) is 2.98. The first-order chi connectivity index (χ1) is 10.2. The third-order valence-corrected chi connectivity index (χ3v) is 3.77. The highest BCUT2D eigenvalue weighted by Crippen LogP contribution is 2.32. The van der Waals surface area contributed by atoms with Crippen LogP contribution in [0.4, 0.5) is 16.2 Å². The van der Waals surface area contributed by atoms with Gasteiger partial charge in [0.05, 0.1) is 7.11 Å². The van der Waals surface area contributed by atoms with Gasteiger partial charge >= 0.3 is 6.03 Å². The molecule has 3 rings (SSSR count). The number of urea groups is 1. The van der Waals surface area contributed by atoms with Crippen LogP contribution in [0.2, 0.25) is 0 Å². The van der Waals surface area contributed by atoms with Crippen molar-refractivity contribution in [3.63, 3.8) is 0 Å². The number of fused-ring (bicyclic) bond motifs is 1. The Kier molecular flexibility index (Phi) is 3.52. The van der Waals surface area contributed by atoms with E-state index in [9.17, 15) is 4.79 Å². The average Bonchev–Trinajstić information content (AvgIpc) is 2.83. The summed E-state index contributed by atoms with van der Waals surface area (Å²) in [4.78, 5) is 14.3. The number of nitrogens with one attached hydrogen (secondary N) is 1. The molecular weight excluding hydrogens is 264 g/mol. The van der Waals surface area contributed by atoms with Crippen LogP contribution >= 0.6 is 0 Å². The number of hydrogen-bond acceptors (Lipinski definition) is 2. The van der Waals surface area contributed by atoms with E-state index in [0.29, 0.717) is 0 Å². The molecule has 1 aliphatic heterocycles. The van der Waals surface area contributed by atoms with Gasteiger partial charge in [0.15, 0.2) is 0 Å². The number of benzene rings is 2. The second kappa shape index (κ2) is 5.48. The van der Waals surface area contributed by atoms with Crippen LogP contribution in [0.5, 0.6) is 5.75 Å². The van der Waals surface area contributed by atoms with Gasteiger partial charge in [-0.1, -0.05) is 18.2 Å². The van der Waals surface area contributed by atoms with E-state index in [0.717, 1.165) is 23.5 Å². The third kappa shape index (κ3) is 2.57. The van der Waals surface area contributed by atoms with Gasteiger partial charge in [-0.25, -0.2) is 4.79 Å². The highest BCUT2D eigenvalue weighted by molar-refractivity contribution is 6.03. The van der Waals surface area contributed by atoms with E-state index in [4.69, 9.17) is 4.74 Å². The Hall–Kier alpha value is -2.49. The van der Waals surface area contributed by atoms with E-state index in [-0.39, 0.29) is 12.1 Å². The van der Waals surface area contributed by atoms with E-state index in [2.05, 4.69) is 18.3 Å². The van der Waals surface area contributed by atoms with Crippen molar-refractivity contribution < 1.29 is 9.53 Å². The Morgan fingerprint density at radius 1 is 1.19 bits per heavy atom. The minimum Gasteiger partial charge on any atom is -0.497 e. The first kappa shape index (κ1) is 13.5. The smallest absolute Gasteiger partial charge is 0.326 e. The standard InChI is InChI=1S/C17H18N2O2/c1-12-11-13-5-3-4-6-16(13)19(12)17(20)18-14-7-9-15(21-2)10-8-14/h3-10,12H,11H2,1-2H3,(H,18,20). The summed E-state index contributed by atoms with van der Waals surface area (Å²) in [5, 5.41) is 2.94. The van der Waals surface area contributed by atoms with Crippen LogP contribution in [-0.4, -0.2) is 19.2 Å². The SMILES string of the molecule is COc1ccc(NC(=O)N2c3ccccc3CC2C)cc1. The fourth-order valence-electron chi connectivity index (χ4n) is 2.73. The van der Waals surface area contributed by atoms with E-state index >= 15 is 0 Å². The van der Waals surface area contributed by atoms with Crippen molar-refractivity contribution in [1.29, 1.82) is 0 Å². The van der Waals surface area contributed by atoms with Crippen LogP contribution in [0, 0.1) is 0 Å². The molecule has 1 unspecified atom stereocenters. The first-order valence-corrected chi connectivity index (χ1v) is 7.01. The van der Waals surface area contributed by atoms with E-state index in [1.807, 2.05) is 47.4 Å². The van der Waals surface area contributed by atoms with Gasteiger partial charge in [0.2, 0.25) is 0 Å². The monoisotopic (exact) mass is 282 g/mol. The number of carbonyl (C=O) groups is 1. The summed E-state index contributed by atoms with van der Waals surface area (Å²) in [6, 6.07) is 15.4. The predicted molar refractivity (Wildman–Crippen MR) is 84.1 cm³/mol. The summed E-state index contributed by atoms with van der Waals surface area (Å²) >= 11 is 0. The van der Waals surface area contributed by atoms with E-state index in [1.54, 1.807) is 7.11 Å². The summed E-state index contributed by atoms with van der Waals surface area (Å²) in [6.07, 6.45) is 0.895. The highest BCUT2D eigenvalue weighted by atomic mass is 16.5. The maximum atomic E-state index is 12.5. The Morgan fingerprint density at radius 3 is 2.62 bits per heavy atom. The molecule has 0 fully saturated rings. The van der Waals surface area contributed by atoms with Gasteiger partial charge in [0.1, 0.15) is 5.75 Å². The predicted octanol–water partition coefficient (Wildman–Crippen LogP) is 3.68. The quantitative estimate of drug-likeness (QED) is 0.913. The van der Waals surface area contributed by atoms with Crippen LogP contribution in [0.3, 0.4) is 0 Å². The van der Waals surface area contributed by atoms with Crippen LogP contribution in [0.15, 0.2) is 48.5 Å². The second-order valence-electron chi connectivity index (χ2n) is 5.21. The summed E-state index contributed by atoms with van der Waals surface area (Å²) in [5.74, 6) is 0.771. The second-order valence-corrected chi connectivity index (χ2v) is 5.21. The molecule has 2 aromatic rings. The lowest BCUT2D eigenvalue weighted by atomic mass is 10.1. The highest BCUT2D eigenvalue weighted by Gasteiger charge is 2.30. The molecule has 1 heterocycles. The zero-order chi connectivity index (χ0) is 14.8. The Balaban J connectivity index is 1.79. The molecule has 1 atom stereocenters. The average molecular weight is 282 g/mol. The molecule has 4 heteroatoms. The van der Waals surface area contributed by atoms with Crippen LogP contribution in [-0.2, 0) is 6.42 Å². The molecule has 0 bridgehead atoms. The number of nitrogens with zero attached hydrogens (tertiary/aromatic N) is 1. The number of hydrogen-bond donors (Lipinski definition) is 1. The van der Waals surface area contributed by atoms with Gasteiger partial charge in [0, 0.05) is 17.4 Å². The molecule has 1 N–H and O–H groups in total.